The SMILES string of the molecule is CC(C)(C)c1ccccc1-c1ccccc1.CC(C)(C)n1ncc2ccccc21.CCC.CCC. The molecule has 1 aromatic heterocycles. The summed E-state index contributed by atoms with van der Waals surface area (Å²) in [6, 6.07) is 27.5. The largest absolute Gasteiger partial charge is 0.260 e. The molecule has 0 aliphatic heterocycles. The Morgan fingerprint density at radius 1 is 0.629 bits per heavy atom. The molecule has 0 N–H and O–H groups in total. The van der Waals surface area contributed by atoms with Gasteiger partial charge in [-0.25, -0.2) is 0 Å². The molecule has 1 heterocycles. The molecule has 190 valence electrons. The molecule has 0 atom stereocenters. The highest BCUT2D eigenvalue weighted by molar-refractivity contribution is 5.78. The van der Waals surface area contributed by atoms with Crippen molar-refractivity contribution in [1.82, 2.24) is 9.78 Å². The van der Waals surface area contributed by atoms with E-state index in [9.17, 15) is 0 Å². The molecule has 0 saturated heterocycles. The molecule has 4 aromatic rings. The van der Waals surface area contributed by atoms with E-state index < -0.39 is 0 Å². The second kappa shape index (κ2) is 14.5. The molecular weight excluding hydrogens is 424 g/mol. The second-order valence-electron chi connectivity index (χ2n) is 10.9. The van der Waals surface area contributed by atoms with Crippen LogP contribution in [0.15, 0.2) is 85.1 Å². The van der Waals surface area contributed by atoms with Crippen molar-refractivity contribution < 1.29 is 0 Å². The van der Waals surface area contributed by atoms with E-state index in [-0.39, 0.29) is 11.0 Å². The van der Waals surface area contributed by atoms with Crippen LogP contribution in [0.3, 0.4) is 0 Å². The van der Waals surface area contributed by atoms with Crippen LogP contribution in [0.4, 0.5) is 0 Å². The minimum absolute atomic E-state index is 0.0586. The lowest BCUT2D eigenvalue weighted by molar-refractivity contribution is 0.368. The first kappa shape index (κ1) is 30.2. The van der Waals surface area contributed by atoms with Crippen molar-refractivity contribution in [3.8, 4) is 11.1 Å². The Balaban J connectivity index is 0.000000290. The Labute approximate surface area is 215 Å². The summed E-state index contributed by atoms with van der Waals surface area (Å²) in [5.41, 5.74) is 5.50. The van der Waals surface area contributed by atoms with E-state index in [4.69, 9.17) is 0 Å². The van der Waals surface area contributed by atoms with Gasteiger partial charge in [-0.3, -0.25) is 4.68 Å². The van der Waals surface area contributed by atoms with Crippen LogP contribution in [0.25, 0.3) is 22.0 Å². The summed E-state index contributed by atoms with van der Waals surface area (Å²) >= 11 is 0. The maximum Gasteiger partial charge on any atom is 0.0688 e. The van der Waals surface area contributed by atoms with Crippen LogP contribution in [0.1, 0.15) is 87.6 Å². The molecule has 0 spiro atoms. The average Bonchev–Trinajstić information content (AvgIpc) is 3.26. The Morgan fingerprint density at radius 3 is 1.66 bits per heavy atom. The fraction of sp³-hybridized carbons (Fsp3) is 0.424. The third kappa shape index (κ3) is 9.72. The van der Waals surface area contributed by atoms with Crippen LogP contribution in [0.2, 0.25) is 0 Å². The lowest BCUT2D eigenvalue weighted by atomic mass is 9.82. The van der Waals surface area contributed by atoms with E-state index in [1.165, 1.54) is 40.4 Å². The molecule has 0 saturated carbocycles. The van der Waals surface area contributed by atoms with E-state index in [2.05, 4.69) is 146 Å². The van der Waals surface area contributed by atoms with Gasteiger partial charge in [0.05, 0.1) is 17.3 Å². The summed E-state index contributed by atoms with van der Waals surface area (Å²) in [6.07, 6.45) is 4.42. The van der Waals surface area contributed by atoms with Crippen molar-refractivity contribution in [2.24, 2.45) is 0 Å². The van der Waals surface area contributed by atoms with Gasteiger partial charge in [-0.2, -0.15) is 5.10 Å². The first-order valence-electron chi connectivity index (χ1n) is 13.1. The predicted molar refractivity (Wildman–Crippen MR) is 157 cm³/mol. The molecule has 0 aliphatic carbocycles. The zero-order valence-corrected chi connectivity index (χ0v) is 23.9. The van der Waals surface area contributed by atoms with Gasteiger partial charge in [0.15, 0.2) is 0 Å². The Hall–Kier alpha value is -2.87. The molecule has 0 aliphatic rings. The topological polar surface area (TPSA) is 17.8 Å². The van der Waals surface area contributed by atoms with Crippen LogP contribution in [0, 0.1) is 0 Å². The quantitative estimate of drug-likeness (QED) is 0.269. The monoisotopic (exact) mass is 472 g/mol. The minimum atomic E-state index is 0.0586. The summed E-state index contributed by atoms with van der Waals surface area (Å²) < 4.78 is 2.06. The highest BCUT2D eigenvalue weighted by atomic mass is 15.3. The molecule has 35 heavy (non-hydrogen) atoms. The number of para-hydroxylation sites is 1. The Morgan fingerprint density at radius 2 is 1.11 bits per heavy atom. The molecule has 0 amide bonds. The first-order chi connectivity index (χ1) is 16.5. The highest BCUT2D eigenvalue weighted by Gasteiger charge is 2.18. The summed E-state index contributed by atoms with van der Waals surface area (Å²) in [5, 5.41) is 5.59. The molecule has 0 radical (unpaired) electrons. The maximum absolute atomic E-state index is 4.38. The highest BCUT2D eigenvalue weighted by Crippen LogP contribution is 2.32. The molecule has 2 heteroatoms. The average molecular weight is 473 g/mol. The minimum Gasteiger partial charge on any atom is -0.260 e. The molecule has 0 fully saturated rings. The van der Waals surface area contributed by atoms with Crippen molar-refractivity contribution in [2.45, 2.75) is 93.0 Å². The van der Waals surface area contributed by atoms with Crippen molar-refractivity contribution in [3.63, 3.8) is 0 Å². The summed E-state index contributed by atoms with van der Waals surface area (Å²) in [4.78, 5) is 0. The van der Waals surface area contributed by atoms with Gasteiger partial charge in [0.25, 0.3) is 0 Å². The second-order valence-corrected chi connectivity index (χ2v) is 10.9. The van der Waals surface area contributed by atoms with Gasteiger partial charge >= 0.3 is 0 Å². The van der Waals surface area contributed by atoms with Gasteiger partial charge in [0.1, 0.15) is 0 Å². The van der Waals surface area contributed by atoms with Crippen molar-refractivity contribution in [1.29, 1.82) is 0 Å². The molecule has 3 aromatic carbocycles. The molecule has 0 unspecified atom stereocenters. The number of rotatable bonds is 1. The van der Waals surface area contributed by atoms with E-state index in [1.807, 2.05) is 18.3 Å². The fourth-order valence-corrected chi connectivity index (χ4v) is 3.51. The van der Waals surface area contributed by atoms with Gasteiger partial charge in [-0.1, -0.05) is 134 Å². The zero-order chi connectivity index (χ0) is 26.5. The summed E-state index contributed by atoms with van der Waals surface area (Å²) in [7, 11) is 0. The number of hydrogen-bond acceptors (Lipinski definition) is 1. The van der Waals surface area contributed by atoms with Crippen LogP contribution in [0.5, 0.6) is 0 Å². The van der Waals surface area contributed by atoms with Gasteiger partial charge in [0.2, 0.25) is 0 Å². The third-order valence-electron chi connectivity index (χ3n) is 4.93. The van der Waals surface area contributed by atoms with Crippen LogP contribution < -0.4 is 0 Å². The standard InChI is InChI=1S/C16H18.C11H14N2.2C3H8/c1-16(2,3)15-12-8-7-11-14(15)13-9-5-4-6-10-13;1-11(2,3)13-10-7-5-4-6-9(10)8-12-13;2*1-3-2/h4-12H,1-3H3;4-8H,1-3H3;2*3H2,1-2H3. The van der Waals surface area contributed by atoms with E-state index in [0.717, 1.165) is 0 Å². The first-order valence-corrected chi connectivity index (χ1v) is 13.1. The molecule has 4 rings (SSSR count). The number of aromatic nitrogens is 2. The smallest absolute Gasteiger partial charge is 0.0688 e. The number of fused-ring (bicyclic) bond motifs is 1. The Kier molecular flexibility index (Phi) is 12.5. The van der Waals surface area contributed by atoms with E-state index in [1.54, 1.807) is 0 Å². The molecule has 2 nitrogen and oxygen atoms in total. The lowest BCUT2D eigenvalue weighted by Crippen LogP contribution is -2.22. The molecular formula is C33H48N2. The number of benzene rings is 3. The van der Waals surface area contributed by atoms with Gasteiger partial charge in [0, 0.05) is 5.39 Å². The van der Waals surface area contributed by atoms with Crippen molar-refractivity contribution in [2.75, 3.05) is 0 Å². The lowest BCUT2D eigenvalue weighted by Gasteiger charge is -2.23. The molecule has 0 bridgehead atoms. The maximum atomic E-state index is 4.38. The van der Waals surface area contributed by atoms with Gasteiger partial charge < -0.3 is 0 Å². The Bertz CT molecular complexity index is 1090. The predicted octanol–water partition coefficient (Wildman–Crippen LogP) is 10.3. The van der Waals surface area contributed by atoms with Crippen LogP contribution >= 0.6 is 0 Å². The van der Waals surface area contributed by atoms with Gasteiger partial charge in [-0.05, 0) is 48.9 Å². The van der Waals surface area contributed by atoms with Crippen molar-refractivity contribution >= 4 is 10.9 Å². The number of hydrogen-bond donors (Lipinski definition) is 0. The third-order valence-corrected chi connectivity index (χ3v) is 4.93. The van der Waals surface area contributed by atoms with Crippen LogP contribution in [-0.2, 0) is 11.0 Å². The van der Waals surface area contributed by atoms with Crippen LogP contribution in [-0.4, -0.2) is 9.78 Å². The zero-order valence-electron chi connectivity index (χ0n) is 23.9. The van der Waals surface area contributed by atoms with E-state index >= 15 is 0 Å². The fourth-order valence-electron chi connectivity index (χ4n) is 3.51. The van der Waals surface area contributed by atoms with Gasteiger partial charge in [-0.15, -0.1) is 0 Å². The summed E-state index contributed by atoms with van der Waals surface area (Å²) in [5.74, 6) is 0. The number of nitrogens with zero attached hydrogens (tertiary/aromatic N) is 2. The normalized spacial score (nSPS) is 10.8. The summed E-state index contributed by atoms with van der Waals surface area (Å²) in [6.45, 7) is 21.8. The van der Waals surface area contributed by atoms with Crippen molar-refractivity contribution in [3.05, 3.63) is 90.6 Å². The van der Waals surface area contributed by atoms with E-state index in [0.29, 0.717) is 0 Å².